The van der Waals surface area contributed by atoms with Gasteiger partial charge in [0, 0.05) is 22.4 Å². The molecule has 0 bridgehead atoms. The van der Waals surface area contributed by atoms with Crippen LogP contribution in [0.1, 0.15) is 0 Å². The molecule has 8 heavy (non-hydrogen) atoms. The Morgan fingerprint density at radius 3 is 1.50 bits per heavy atom. The molecule has 0 aliphatic rings. The van der Waals surface area contributed by atoms with Crippen molar-refractivity contribution in [1.82, 2.24) is 0 Å². The van der Waals surface area contributed by atoms with Crippen molar-refractivity contribution < 1.29 is 32.3 Å². The summed E-state index contributed by atoms with van der Waals surface area (Å²) in [6.07, 6.45) is 0. The van der Waals surface area contributed by atoms with Gasteiger partial charge in [0.15, 0.2) is 0 Å². The zero-order valence-corrected chi connectivity index (χ0v) is 7.04. The molecule has 0 aliphatic carbocycles. The second kappa shape index (κ2) is 3.99. The quantitative estimate of drug-likeness (QED) is 0.534. The smallest absolute Gasteiger partial charge is 0.356 e. The Hall–Kier alpha value is 1.08. The summed E-state index contributed by atoms with van der Waals surface area (Å²) in [5.41, 5.74) is 0. The number of carboxylic acid groups (broad SMARTS) is 1. The number of carboxylic acids is 1. The topological polar surface area (TPSA) is 37.3 Å². The Balaban J connectivity index is 0. The first-order chi connectivity index (χ1) is 2.94. The second-order valence-electron chi connectivity index (χ2n) is 0.803. The van der Waals surface area contributed by atoms with Gasteiger partial charge in [-0.15, -0.1) is 0 Å². The van der Waals surface area contributed by atoms with Gasteiger partial charge >= 0.3 is 5.97 Å². The Labute approximate surface area is 76.6 Å². The molecule has 0 heterocycles. The van der Waals surface area contributed by atoms with Crippen molar-refractivity contribution in [3.8, 4) is 0 Å². The van der Waals surface area contributed by atoms with E-state index < -0.39 is 9.76 Å². The Morgan fingerprint density at radius 2 is 1.50 bits per heavy atom. The third-order valence-corrected chi connectivity index (χ3v) is 0.728. The van der Waals surface area contributed by atoms with Gasteiger partial charge in [0.25, 0.3) is 3.79 Å². The monoisotopic (exact) mass is 269 g/mol. The minimum Gasteiger partial charge on any atom is -0.478 e. The van der Waals surface area contributed by atoms with Gasteiger partial charge in [-0.1, -0.05) is 34.8 Å². The summed E-state index contributed by atoms with van der Waals surface area (Å²) < 4.78 is -2.17. The van der Waals surface area contributed by atoms with Crippen LogP contribution in [0.4, 0.5) is 0 Å². The third kappa shape index (κ3) is 5.22. The van der Waals surface area contributed by atoms with E-state index in [2.05, 4.69) is 0 Å². The van der Waals surface area contributed by atoms with Crippen LogP contribution >= 0.6 is 34.8 Å². The fourth-order valence-corrected chi connectivity index (χ4v) is 0. The number of halogens is 3. The van der Waals surface area contributed by atoms with Crippen LogP contribution in [0.15, 0.2) is 0 Å². The molecular formula is C2HAgCl3O2. The molecule has 0 rings (SSSR count). The molecule has 0 aromatic carbocycles. The predicted octanol–water partition coefficient (Wildman–Crippen LogP) is 1.44. The SMILES string of the molecule is O=C(O)C(Cl)(Cl)Cl.[Ag]. The van der Waals surface area contributed by atoms with Crippen LogP contribution < -0.4 is 0 Å². The average Bonchev–Trinajstić information content (AvgIpc) is 1.31. The number of rotatable bonds is 0. The van der Waals surface area contributed by atoms with Gasteiger partial charge in [-0.05, 0) is 0 Å². The summed E-state index contributed by atoms with van der Waals surface area (Å²) in [5.74, 6) is -1.46. The molecule has 0 atom stereocenters. The minimum atomic E-state index is -2.17. The fourth-order valence-electron chi connectivity index (χ4n) is 0. The van der Waals surface area contributed by atoms with E-state index in [9.17, 15) is 4.79 Å². The molecule has 1 N–H and O–H groups in total. The molecule has 1 radical (unpaired) electrons. The Kier molecular flexibility index (Phi) is 5.89. The first-order valence-corrected chi connectivity index (χ1v) is 2.38. The third-order valence-electron chi connectivity index (χ3n) is 0.243. The van der Waals surface area contributed by atoms with E-state index in [0.717, 1.165) is 0 Å². The van der Waals surface area contributed by atoms with Crippen LogP contribution in [0.3, 0.4) is 0 Å². The Morgan fingerprint density at radius 1 is 1.38 bits per heavy atom. The largest absolute Gasteiger partial charge is 0.478 e. The number of aliphatic carboxylic acids is 1. The van der Waals surface area contributed by atoms with Gasteiger partial charge < -0.3 is 5.11 Å². The molecule has 53 valence electrons. The molecular weight excluding hydrogens is 270 g/mol. The summed E-state index contributed by atoms with van der Waals surface area (Å²) in [7, 11) is 0. The second-order valence-corrected chi connectivity index (χ2v) is 3.08. The van der Waals surface area contributed by atoms with Crippen LogP contribution in [0.2, 0.25) is 0 Å². The number of carbonyl (C=O) groups is 1. The summed E-state index contributed by atoms with van der Waals surface area (Å²) in [6, 6.07) is 0. The van der Waals surface area contributed by atoms with Gasteiger partial charge in [0.1, 0.15) is 0 Å². The van der Waals surface area contributed by atoms with E-state index in [1.54, 1.807) is 0 Å². The molecule has 0 fully saturated rings. The molecule has 0 aliphatic heterocycles. The summed E-state index contributed by atoms with van der Waals surface area (Å²) in [4.78, 5) is 9.62. The summed E-state index contributed by atoms with van der Waals surface area (Å²) in [5, 5.41) is 7.85. The molecule has 0 spiro atoms. The maximum atomic E-state index is 9.62. The van der Waals surface area contributed by atoms with E-state index in [-0.39, 0.29) is 22.4 Å². The Bertz CT molecular complexity index is 87.8. The van der Waals surface area contributed by atoms with Gasteiger partial charge in [-0.2, -0.15) is 0 Å². The van der Waals surface area contributed by atoms with E-state index in [1.165, 1.54) is 0 Å². The molecule has 0 unspecified atom stereocenters. The maximum Gasteiger partial charge on any atom is 0.356 e. The molecule has 2 nitrogen and oxygen atoms in total. The molecule has 0 saturated heterocycles. The van der Waals surface area contributed by atoms with E-state index in [1.807, 2.05) is 0 Å². The van der Waals surface area contributed by atoms with Crippen LogP contribution in [0.25, 0.3) is 0 Å². The zero-order valence-electron chi connectivity index (χ0n) is 3.29. The van der Waals surface area contributed by atoms with Gasteiger partial charge in [-0.25, -0.2) is 4.79 Å². The molecule has 6 heteroatoms. The standard InChI is InChI=1S/C2HCl3O2.Ag/c3-2(4,5)1(6)7;/h(H,6,7);. The van der Waals surface area contributed by atoms with E-state index >= 15 is 0 Å². The molecule has 0 aromatic rings. The summed E-state index contributed by atoms with van der Waals surface area (Å²) >= 11 is 14.4. The van der Waals surface area contributed by atoms with E-state index in [0.29, 0.717) is 0 Å². The fraction of sp³-hybridized carbons (Fsp3) is 0.500. The van der Waals surface area contributed by atoms with Crippen molar-refractivity contribution in [3.05, 3.63) is 0 Å². The van der Waals surface area contributed by atoms with E-state index in [4.69, 9.17) is 39.9 Å². The van der Waals surface area contributed by atoms with Crippen LogP contribution in [-0.4, -0.2) is 14.9 Å². The molecule has 0 amide bonds. The maximum absolute atomic E-state index is 9.62. The number of alkyl halides is 3. The van der Waals surface area contributed by atoms with Crippen LogP contribution in [0.5, 0.6) is 0 Å². The first kappa shape index (κ1) is 11.8. The van der Waals surface area contributed by atoms with Gasteiger partial charge in [-0.3, -0.25) is 0 Å². The van der Waals surface area contributed by atoms with Crippen LogP contribution in [0, 0.1) is 0 Å². The molecule has 0 saturated carbocycles. The normalized spacial score (nSPS) is 9.88. The molecule has 0 aromatic heterocycles. The van der Waals surface area contributed by atoms with Crippen molar-refractivity contribution in [1.29, 1.82) is 0 Å². The van der Waals surface area contributed by atoms with Crippen molar-refractivity contribution in [2.45, 2.75) is 3.79 Å². The first-order valence-electron chi connectivity index (χ1n) is 1.24. The van der Waals surface area contributed by atoms with Crippen molar-refractivity contribution in [3.63, 3.8) is 0 Å². The zero-order chi connectivity index (χ0) is 6.08. The van der Waals surface area contributed by atoms with Crippen LogP contribution in [-0.2, 0) is 27.2 Å². The number of hydrogen-bond donors (Lipinski definition) is 1. The van der Waals surface area contributed by atoms with Crippen molar-refractivity contribution in [2.24, 2.45) is 0 Å². The average molecular weight is 271 g/mol. The van der Waals surface area contributed by atoms with Crippen molar-refractivity contribution >= 4 is 40.8 Å². The summed E-state index contributed by atoms with van der Waals surface area (Å²) in [6.45, 7) is 0. The minimum absolute atomic E-state index is 0. The predicted molar refractivity (Wildman–Crippen MR) is 27.9 cm³/mol. The van der Waals surface area contributed by atoms with Crippen molar-refractivity contribution in [2.75, 3.05) is 0 Å². The van der Waals surface area contributed by atoms with Gasteiger partial charge in [0.05, 0.1) is 0 Å². The van der Waals surface area contributed by atoms with Gasteiger partial charge in [0.2, 0.25) is 0 Å². The number of hydrogen-bond acceptors (Lipinski definition) is 1.